The van der Waals surface area contributed by atoms with E-state index in [2.05, 4.69) is 25.9 Å². The van der Waals surface area contributed by atoms with Crippen molar-refractivity contribution in [2.45, 2.75) is 0 Å². The average Bonchev–Trinajstić information content (AvgIpc) is 1.88. The van der Waals surface area contributed by atoms with Gasteiger partial charge in [0.1, 0.15) is 4.60 Å². The van der Waals surface area contributed by atoms with Gasteiger partial charge in [0.2, 0.25) is 0 Å². The van der Waals surface area contributed by atoms with Crippen LogP contribution in [-0.4, -0.2) is 18.2 Å². The van der Waals surface area contributed by atoms with Crippen molar-refractivity contribution in [3.8, 4) is 0 Å². The number of rotatable bonds is 1. The van der Waals surface area contributed by atoms with Crippen LogP contribution in [0.2, 0.25) is 0 Å². The molecule has 10 heavy (non-hydrogen) atoms. The first-order chi connectivity index (χ1) is 4.83. The molecule has 0 bridgehead atoms. The summed E-state index contributed by atoms with van der Waals surface area (Å²) in [6.45, 7) is 0. The molecule has 1 aromatic rings. The smallest absolute Gasteiger partial charge is 0.106 e. The lowest BCUT2D eigenvalue weighted by Gasteiger charge is -1.90. The van der Waals surface area contributed by atoms with Gasteiger partial charge in [-0.3, -0.25) is 4.99 Å². The fourth-order valence-electron chi connectivity index (χ4n) is 0.628. The third-order valence-electron chi connectivity index (χ3n) is 0.998. The SMILES string of the molecule is CN=Cc1cccc(Br)n1. The van der Waals surface area contributed by atoms with E-state index in [9.17, 15) is 0 Å². The Kier molecular flexibility index (Phi) is 2.57. The maximum absolute atomic E-state index is 4.13. The first kappa shape index (κ1) is 7.41. The highest BCUT2D eigenvalue weighted by Gasteiger charge is 1.88. The van der Waals surface area contributed by atoms with Gasteiger partial charge in [-0.2, -0.15) is 0 Å². The molecule has 0 fully saturated rings. The Bertz CT molecular complexity index is 245. The maximum Gasteiger partial charge on any atom is 0.106 e. The highest BCUT2D eigenvalue weighted by Crippen LogP contribution is 2.04. The summed E-state index contributed by atoms with van der Waals surface area (Å²) < 4.78 is 0.838. The van der Waals surface area contributed by atoms with Crippen LogP contribution in [0.1, 0.15) is 5.69 Å². The van der Waals surface area contributed by atoms with Gasteiger partial charge in [0.15, 0.2) is 0 Å². The summed E-state index contributed by atoms with van der Waals surface area (Å²) in [6.07, 6.45) is 1.71. The normalized spacial score (nSPS) is 10.6. The monoisotopic (exact) mass is 198 g/mol. The highest BCUT2D eigenvalue weighted by atomic mass is 79.9. The Balaban J connectivity index is 2.95. The van der Waals surface area contributed by atoms with E-state index in [0.717, 1.165) is 10.3 Å². The average molecular weight is 199 g/mol. The van der Waals surface area contributed by atoms with Gasteiger partial charge in [-0.1, -0.05) is 6.07 Å². The number of hydrogen-bond donors (Lipinski definition) is 0. The van der Waals surface area contributed by atoms with Crippen LogP contribution in [0, 0.1) is 0 Å². The van der Waals surface area contributed by atoms with Crippen LogP contribution < -0.4 is 0 Å². The maximum atomic E-state index is 4.13. The summed E-state index contributed by atoms with van der Waals surface area (Å²) in [5.74, 6) is 0. The molecule has 1 aromatic heterocycles. The van der Waals surface area contributed by atoms with E-state index in [1.165, 1.54) is 0 Å². The molecule has 0 atom stereocenters. The van der Waals surface area contributed by atoms with E-state index in [0.29, 0.717) is 0 Å². The number of aliphatic imine (C=N–C) groups is 1. The molecule has 0 aliphatic heterocycles. The van der Waals surface area contributed by atoms with E-state index in [4.69, 9.17) is 0 Å². The number of aromatic nitrogens is 1. The highest BCUT2D eigenvalue weighted by molar-refractivity contribution is 9.10. The predicted octanol–water partition coefficient (Wildman–Crippen LogP) is 1.89. The van der Waals surface area contributed by atoms with Crippen molar-refractivity contribution < 1.29 is 0 Å². The Hall–Kier alpha value is -0.700. The standard InChI is InChI=1S/C7H7BrN2/c1-9-5-6-3-2-4-7(8)10-6/h2-5H,1H3. The summed E-state index contributed by atoms with van der Waals surface area (Å²) in [7, 11) is 1.72. The molecule has 0 amide bonds. The second kappa shape index (κ2) is 3.46. The molecule has 52 valence electrons. The lowest BCUT2D eigenvalue weighted by atomic mass is 10.4. The van der Waals surface area contributed by atoms with Crippen molar-refractivity contribution in [3.05, 3.63) is 28.5 Å². The molecule has 2 nitrogen and oxygen atoms in total. The zero-order chi connectivity index (χ0) is 7.40. The lowest BCUT2D eigenvalue weighted by molar-refractivity contribution is 1.25. The van der Waals surface area contributed by atoms with Crippen LogP contribution in [0.4, 0.5) is 0 Å². The Morgan fingerprint density at radius 1 is 1.60 bits per heavy atom. The molecule has 0 aliphatic rings. The van der Waals surface area contributed by atoms with Crippen molar-refractivity contribution in [1.82, 2.24) is 4.98 Å². The van der Waals surface area contributed by atoms with Crippen LogP contribution in [0.15, 0.2) is 27.8 Å². The van der Waals surface area contributed by atoms with E-state index in [-0.39, 0.29) is 0 Å². The second-order valence-electron chi connectivity index (χ2n) is 1.77. The van der Waals surface area contributed by atoms with Gasteiger partial charge in [0.05, 0.1) is 5.69 Å². The Morgan fingerprint density at radius 2 is 2.40 bits per heavy atom. The van der Waals surface area contributed by atoms with Gasteiger partial charge in [-0.05, 0) is 28.1 Å². The molecule has 0 aliphatic carbocycles. The van der Waals surface area contributed by atoms with Crippen molar-refractivity contribution in [3.63, 3.8) is 0 Å². The zero-order valence-corrected chi connectivity index (χ0v) is 7.17. The third kappa shape index (κ3) is 1.92. The zero-order valence-electron chi connectivity index (χ0n) is 5.58. The number of halogens is 1. The Labute approximate surface area is 68.1 Å². The molecule has 0 N–H and O–H groups in total. The van der Waals surface area contributed by atoms with Crippen LogP contribution >= 0.6 is 15.9 Å². The van der Waals surface area contributed by atoms with Gasteiger partial charge < -0.3 is 0 Å². The van der Waals surface area contributed by atoms with Gasteiger partial charge in [0.25, 0.3) is 0 Å². The van der Waals surface area contributed by atoms with E-state index in [1.807, 2.05) is 18.2 Å². The summed E-state index contributed by atoms with van der Waals surface area (Å²) in [5.41, 5.74) is 0.872. The third-order valence-corrected chi connectivity index (χ3v) is 1.44. The fraction of sp³-hybridized carbons (Fsp3) is 0.143. The summed E-state index contributed by atoms with van der Waals surface area (Å²) in [4.78, 5) is 7.97. The molecule has 0 unspecified atom stereocenters. The molecule has 0 saturated carbocycles. The predicted molar refractivity (Wildman–Crippen MR) is 45.5 cm³/mol. The number of nitrogens with zero attached hydrogens (tertiary/aromatic N) is 2. The van der Waals surface area contributed by atoms with E-state index < -0.39 is 0 Å². The van der Waals surface area contributed by atoms with Crippen LogP contribution in [-0.2, 0) is 0 Å². The Morgan fingerprint density at radius 3 is 3.00 bits per heavy atom. The van der Waals surface area contributed by atoms with Gasteiger partial charge in [-0.25, -0.2) is 4.98 Å². The molecule has 0 aromatic carbocycles. The molecule has 1 heterocycles. The largest absolute Gasteiger partial charge is 0.294 e. The van der Waals surface area contributed by atoms with Crippen molar-refractivity contribution >= 4 is 22.1 Å². The first-order valence-electron chi connectivity index (χ1n) is 2.87. The number of hydrogen-bond acceptors (Lipinski definition) is 2. The van der Waals surface area contributed by atoms with Crippen LogP contribution in [0.25, 0.3) is 0 Å². The van der Waals surface area contributed by atoms with Gasteiger partial charge in [-0.15, -0.1) is 0 Å². The molecular formula is C7H7BrN2. The molecule has 3 heteroatoms. The van der Waals surface area contributed by atoms with Gasteiger partial charge >= 0.3 is 0 Å². The quantitative estimate of drug-likeness (QED) is 0.500. The molecule has 0 saturated heterocycles. The van der Waals surface area contributed by atoms with Crippen LogP contribution in [0.3, 0.4) is 0 Å². The molecule has 0 radical (unpaired) electrons. The van der Waals surface area contributed by atoms with Crippen molar-refractivity contribution in [2.75, 3.05) is 7.05 Å². The minimum Gasteiger partial charge on any atom is -0.294 e. The van der Waals surface area contributed by atoms with E-state index >= 15 is 0 Å². The van der Waals surface area contributed by atoms with Crippen LogP contribution in [0.5, 0.6) is 0 Å². The number of pyridine rings is 1. The summed E-state index contributed by atoms with van der Waals surface area (Å²) in [5, 5.41) is 0. The molecular weight excluding hydrogens is 192 g/mol. The topological polar surface area (TPSA) is 25.2 Å². The minimum absolute atomic E-state index is 0.838. The second-order valence-corrected chi connectivity index (χ2v) is 2.58. The first-order valence-corrected chi connectivity index (χ1v) is 3.67. The van der Waals surface area contributed by atoms with Gasteiger partial charge in [0, 0.05) is 13.3 Å². The lowest BCUT2D eigenvalue weighted by Crippen LogP contribution is -1.85. The molecule has 1 rings (SSSR count). The fourth-order valence-corrected chi connectivity index (χ4v) is 0.986. The summed E-state index contributed by atoms with van der Waals surface area (Å²) in [6, 6.07) is 5.71. The van der Waals surface area contributed by atoms with E-state index in [1.54, 1.807) is 13.3 Å². The van der Waals surface area contributed by atoms with Crippen molar-refractivity contribution in [2.24, 2.45) is 4.99 Å². The summed E-state index contributed by atoms with van der Waals surface area (Å²) >= 11 is 3.26. The molecule has 0 spiro atoms. The minimum atomic E-state index is 0.838. The van der Waals surface area contributed by atoms with Crippen molar-refractivity contribution in [1.29, 1.82) is 0 Å².